The zero-order valence-corrected chi connectivity index (χ0v) is 15.4. The predicted octanol–water partition coefficient (Wildman–Crippen LogP) is 3.86. The highest BCUT2D eigenvalue weighted by Gasteiger charge is 2.30. The van der Waals surface area contributed by atoms with E-state index >= 15 is 0 Å². The number of nitrogens with zero attached hydrogens (tertiary/aromatic N) is 2. The van der Waals surface area contributed by atoms with Crippen molar-refractivity contribution in [3.63, 3.8) is 0 Å². The van der Waals surface area contributed by atoms with Crippen LogP contribution in [0.25, 0.3) is 10.2 Å². The van der Waals surface area contributed by atoms with Gasteiger partial charge in [-0.3, -0.25) is 4.79 Å². The molecule has 4 rings (SSSR count). The summed E-state index contributed by atoms with van der Waals surface area (Å²) in [5.41, 5.74) is 0.910. The first-order valence-corrected chi connectivity index (χ1v) is 9.94. The van der Waals surface area contributed by atoms with Gasteiger partial charge in [-0.15, -0.1) is 0 Å². The van der Waals surface area contributed by atoms with Crippen LogP contribution in [0, 0.1) is 5.92 Å². The number of aromatic nitrogens is 1. The van der Waals surface area contributed by atoms with Gasteiger partial charge < -0.3 is 14.4 Å². The number of carbonyl (C=O) groups is 1. The summed E-state index contributed by atoms with van der Waals surface area (Å²) >= 11 is 1.57. The molecule has 0 N–H and O–H groups in total. The van der Waals surface area contributed by atoms with Crippen LogP contribution in [0.15, 0.2) is 18.2 Å². The van der Waals surface area contributed by atoms with E-state index in [1.54, 1.807) is 18.4 Å². The van der Waals surface area contributed by atoms with E-state index in [0.717, 1.165) is 54.7 Å². The van der Waals surface area contributed by atoms with Crippen LogP contribution in [0.2, 0.25) is 0 Å². The monoisotopic (exact) mass is 360 g/mol. The minimum Gasteiger partial charge on any atom is -0.497 e. The van der Waals surface area contributed by atoms with Crippen LogP contribution >= 0.6 is 11.3 Å². The van der Waals surface area contributed by atoms with Crippen molar-refractivity contribution in [1.29, 1.82) is 0 Å². The molecule has 2 fully saturated rings. The first-order chi connectivity index (χ1) is 12.2. The average Bonchev–Trinajstić information content (AvgIpc) is 3.30. The van der Waals surface area contributed by atoms with E-state index in [9.17, 15) is 4.79 Å². The fraction of sp³-hybridized carbons (Fsp3) is 0.579. The summed E-state index contributed by atoms with van der Waals surface area (Å²) in [5.74, 6) is 1.45. The first-order valence-electron chi connectivity index (χ1n) is 9.13. The van der Waals surface area contributed by atoms with Crippen molar-refractivity contribution in [2.75, 3.05) is 20.2 Å². The highest BCUT2D eigenvalue weighted by molar-refractivity contribution is 7.20. The first kappa shape index (κ1) is 16.6. The minimum absolute atomic E-state index is 0.148. The Morgan fingerprint density at radius 2 is 1.96 bits per heavy atom. The zero-order valence-electron chi connectivity index (χ0n) is 14.6. The van der Waals surface area contributed by atoms with Gasteiger partial charge in [-0.1, -0.05) is 24.2 Å². The van der Waals surface area contributed by atoms with Gasteiger partial charge in [0.25, 0.3) is 5.19 Å². The SMILES string of the molecule is COc1ccc2sc(OC3CCN(C(=O)C4CCCC4)CC3)nc2c1. The molecule has 0 atom stereocenters. The molecule has 25 heavy (non-hydrogen) atoms. The van der Waals surface area contributed by atoms with Crippen LogP contribution in [-0.2, 0) is 4.79 Å². The lowest BCUT2D eigenvalue weighted by molar-refractivity contribution is -0.137. The number of hydrogen-bond acceptors (Lipinski definition) is 5. The Morgan fingerprint density at radius 1 is 1.20 bits per heavy atom. The third-order valence-electron chi connectivity index (χ3n) is 5.30. The second kappa shape index (κ2) is 7.20. The maximum atomic E-state index is 12.5. The van der Waals surface area contributed by atoms with Gasteiger partial charge in [-0.2, -0.15) is 0 Å². The largest absolute Gasteiger partial charge is 0.497 e. The number of likely N-dealkylation sites (tertiary alicyclic amines) is 1. The van der Waals surface area contributed by atoms with Gasteiger partial charge in [0, 0.05) is 37.9 Å². The van der Waals surface area contributed by atoms with Crippen molar-refractivity contribution in [2.24, 2.45) is 5.92 Å². The molecule has 1 aliphatic heterocycles. The van der Waals surface area contributed by atoms with Gasteiger partial charge in [0.1, 0.15) is 11.9 Å². The van der Waals surface area contributed by atoms with Crippen molar-refractivity contribution in [3.8, 4) is 10.9 Å². The number of thiazole rings is 1. The molecule has 2 heterocycles. The Bertz CT molecular complexity index is 746. The maximum absolute atomic E-state index is 12.5. The van der Waals surface area contributed by atoms with E-state index in [1.807, 2.05) is 23.1 Å². The van der Waals surface area contributed by atoms with Crippen LogP contribution in [-0.4, -0.2) is 42.1 Å². The standard InChI is InChI=1S/C19H24N2O3S/c1-23-15-6-7-17-16(12-15)20-19(25-17)24-14-8-10-21(11-9-14)18(22)13-4-2-3-5-13/h6-7,12-14H,2-5,8-11H2,1H3. The van der Waals surface area contributed by atoms with Crippen molar-refractivity contribution in [3.05, 3.63) is 18.2 Å². The van der Waals surface area contributed by atoms with E-state index in [0.29, 0.717) is 11.1 Å². The normalized spacial score (nSPS) is 19.5. The molecule has 2 aliphatic rings. The summed E-state index contributed by atoms with van der Waals surface area (Å²) in [7, 11) is 1.66. The summed E-state index contributed by atoms with van der Waals surface area (Å²) in [6.07, 6.45) is 6.48. The lowest BCUT2D eigenvalue weighted by Crippen LogP contribution is -2.43. The highest BCUT2D eigenvalue weighted by atomic mass is 32.1. The van der Waals surface area contributed by atoms with Gasteiger partial charge in [0.05, 0.1) is 17.3 Å². The van der Waals surface area contributed by atoms with Crippen LogP contribution in [0.3, 0.4) is 0 Å². The third kappa shape index (κ3) is 3.59. The quantitative estimate of drug-likeness (QED) is 0.831. The number of benzene rings is 1. The second-order valence-corrected chi connectivity index (χ2v) is 7.93. The number of amides is 1. The fourth-order valence-electron chi connectivity index (χ4n) is 3.83. The molecular formula is C19H24N2O3S. The molecule has 0 bridgehead atoms. The number of rotatable bonds is 4. The fourth-order valence-corrected chi connectivity index (χ4v) is 4.69. The second-order valence-electron chi connectivity index (χ2n) is 6.94. The molecule has 2 aromatic rings. The third-order valence-corrected chi connectivity index (χ3v) is 6.23. The van der Waals surface area contributed by atoms with Gasteiger partial charge >= 0.3 is 0 Å². The number of piperidine rings is 1. The van der Waals surface area contributed by atoms with Crippen molar-refractivity contribution < 1.29 is 14.3 Å². The maximum Gasteiger partial charge on any atom is 0.274 e. The summed E-state index contributed by atoms with van der Waals surface area (Å²) in [5, 5.41) is 0.712. The molecule has 1 amide bonds. The molecule has 0 spiro atoms. The van der Waals surface area contributed by atoms with Gasteiger partial charge in [0.2, 0.25) is 5.91 Å². The summed E-state index contributed by atoms with van der Waals surface area (Å²) in [4.78, 5) is 19.1. The van der Waals surface area contributed by atoms with Crippen molar-refractivity contribution >= 4 is 27.5 Å². The van der Waals surface area contributed by atoms with E-state index in [1.165, 1.54) is 12.8 Å². The molecule has 5 nitrogen and oxygen atoms in total. The summed E-state index contributed by atoms with van der Waals surface area (Å²) < 4.78 is 12.4. The van der Waals surface area contributed by atoms with Crippen LogP contribution < -0.4 is 9.47 Å². The lowest BCUT2D eigenvalue weighted by atomic mass is 10.0. The zero-order chi connectivity index (χ0) is 17.2. The molecular weight excluding hydrogens is 336 g/mol. The topological polar surface area (TPSA) is 51.7 Å². The number of carbonyl (C=O) groups excluding carboxylic acids is 1. The van der Waals surface area contributed by atoms with Gasteiger partial charge in [-0.05, 0) is 25.0 Å². The molecule has 1 aromatic carbocycles. The van der Waals surface area contributed by atoms with Crippen LogP contribution in [0.4, 0.5) is 0 Å². The predicted molar refractivity (Wildman–Crippen MR) is 98.4 cm³/mol. The van der Waals surface area contributed by atoms with E-state index in [2.05, 4.69) is 4.98 Å². The Labute approximate surface area is 151 Å². The van der Waals surface area contributed by atoms with E-state index < -0.39 is 0 Å². The molecule has 134 valence electrons. The molecule has 1 saturated carbocycles. The average molecular weight is 360 g/mol. The molecule has 0 unspecified atom stereocenters. The number of ether oxygens (including phenoxy) is 2. The van der Waals surface area contributed by atoms with E-state index in [-0.39, 0.29) is 12.0 Å². The summed E-state index contributed by atoms with van der Waals surface area (Å²) in [6, 6.07) is 5.89. The Morgan fingerprint density at radius 3 is 2.68 bits per heavy atom. The van der Waals surface area contributed by atoms with Gasteiger partial charge in [0.15, 0.2) is 0 Å². The Balaban J connectivity index is 1.34. The number of hydrogen-bond donors (Lipinski definition) is 0. The Kier molecular flexibility index (Phi) is 4.79. The van der Waals surface area contributed by atoms with Crippen LogP contribution in [0.5, 0.6) is 10.9 Å². The highest BCUT2D eigenvalue weighted by Crippen LogP contribution is 2.32. The van der Waals surface area contributed by atoms with Gasteiger partial charge in [-0.25, -0.2) is 4.98 Å². The molecule has 1 saturated heterocycles. The van der Waals surface area contributed by atoms with Crippen molar-refractivity contribution in [1.82, 2.24) is 9.88 Å². The number of methoxy groups -OCH3 is 1. The Hall–Kier alpha value is -1.82. The van der Waals surface area contributed by atoms with E-state index in [4.69, 9.17) is 9.47 Å². The number of fused-ring (bicyclic) bond motifs is 1. The minimum atomic E-state index is 0.148. The lowest BCUT2D eigenvalue weighted by Gasteiger charge is -2.33. The smallest absolute Gasteiger partial charge is 0.274 e. The molecule has 0 radical (unpaired) electrons. The molecule has 1 aliphatic carbocycles. The van der Waals surface area contributed by atoms with Crippen LogP contribution in [0.1, 0.15) is 38.5 Å². The molecule has 1 aromatic heterocycles. The molecule has 6 heteroatoms. The van der Waals surface area contributed by atoms with Crippen molar-refractivity contribution in [2.45, 2.75) is 44.6 Å². The summed E-state index contributed by atoms with van der Waals surface area (Å²) in [6.45, 7) is 1.61.